The number of furan rings is 1. The largest absolute Gasteiger partial charge is 0.469 e. The van der Waals surface area contributed by atoms with Crippen LogP contribution >= 0.6 is 23.2 Å². The van der Waals surface area contributed by atoms with Gasteiger partial charge >= 0.3 is 0 Å². The van der Waals surface area contributed by atoms with E-state index in [2.05, 4.69) is 5.32 Å². The predicted molar refractivity (Wildman–Crippen MR) is 79.6 cm³/mol. The molecule has 104 valence electrons. The summed E-state index contributed by atoms with van der Waals surface area (Å²) in [6.45, 7) is 2.01. The molecule has 5 heteroatoms. The van der Waals surface area contributed by atoms with E-state index < -0.39 is 0 Å². The molecule has 1 N–H and O–H groups in total. The first-order valence-corrected chi connectivity index (χ1v) is 7.24. The minimum atomic E-state index is -0.378. The Kier molecular flexibility index (Phi) is 3.48. The number of fused-ring (bicyclic) bond motifs is 1. The molecule has 1 aliphatic heterocycles. The van der Waals surface area contributed by atoms with E-state index >= 15 is 0 Å². The maximum absolute atomic E-state index is 11.4. The van der Waals surface area contributed by atoms with Gasteiger partial charge in [-0.15, -0.1) is 11.6 Å². The zero-order valence-electron chi connectivity index (χ0n) is 10.9. The third-order valence-corrected chi connectivity index (χ3v) is 4.29. The summed E-state index contributed by atoms with van der Waals surface area (Å²) in [6.07, 6.45) is 2.78. The Labute approximate surface area is 126 Å². The molecule has 1 aromatic heterocycles. The van der Waals surface area contributed by atoms with E-state index in [9.17, 15) is 4.79 Å². The average Bonchev–Trinajstić information content (AvgIpc) is 3.01. The molecule has 1 aliphatic rings. The fourth-order valence-electron chi connectivity index (χ4n) is 2.49. The number of aryl methyl sites for hydroxylation is 1. The summed E-state index contributed by atoms with van der Waals surface area (Å²) in [5, 5.41) is 2.95. The summed E-state index contributed by atoms with van der Waals surface area (Å²) in [7, 11) is 0. The van der Waals surface area contributed by atoms with Crippen LogP contribution in [0.2, 0.25) is 5.02 Å². The topological polar surface area (TPSA) is 42.2 Å². The summed E-state index contributed by atoms with van der Waals surface area (Å²) < 4.78 is 5.41. The molecule has 2 heterocycles. The second-order valence-corrected chi connectivity index (χ2v) is 5.61. The van der Waals surface area contributed by atoms with Crippen molar-refractivity contribution in [3.63, 3.8) is 0 Å². The van der Waals surface area contributed by atoms with E-state index in [1.807, 2.05) is 19.1 Å². The van der Waals surface area contributed by atoms with Crippen molar-refractivity contribution in [2.75, 3.05) is 5.32 Å². The Morgan fingerprint density at radius 2 is 2.20 bits per heavy atom. The maximum Gasteiger partial charge on any atom is 0.228 e. The lowest BCUT2D eigenvalue weighted by molar-refractivity contribution is -0.115. The summed E-state index contributed by atoms with van der Waals surface area (Å²) in [5.74, 6) is 0.840. The highest BCUT2D eigenvalue weighted by atomic mass is 35.5. The van der Waals surface area contributed by atoms with E-state index in [1.165, 1.54) is 0 Å². The molecule has 0 bridgehead atoms. The first-order chi connectivity index (χ1) is 9.60. The van der Waals surface area contributed by atoms with E-state index in [4.69, 9.17) is 27.6 Å². The highest BCUT2D eigenvalue weighted by Crippen LogP contribution is 2.39. The van der Waals surface area contributed by atoms with Gasteiger partial charge in [-0.05, 0) is 29.3 Å². The Hall–Kier alpha value is -1.45. The molecule has 0 saturated heterocycles. The van der Waals surface area contributed by atoms with Crippen LogP contribution in [0.1, 0.15) is 34.8 Å². The predicted octanol–water partition coefficient (Wildman–Crippen LogP) is 4.32. The second-order valence-electron chi connectivity index (χ2n) is 4.77. The van der Waals surface area contributed by atoms with Gasteiger partial charge in [0.25, 0.3) is 0 Å². The molecule has 0 radical (unpaired) electrons. The van der Waals surface area contributed by atoms with Crippen molar-refractivity contribution in [2.45, 2.75) is 25.1 Å². The summed E-state index contributed by atoms with van der Waals surface area (Å²) in [4.78, 5) is 11.4. The van der Waals surface area contributed by atoms with Gasteiger partial charge in [-0.25, -0.2) is 0 Å². The van der Waals surface area contributed by atoms with Gasteiger partial charge in [0.2, 0.25) is 5.91 Å². The smallest absolute Gasteiger partial charge is 0.228 e. The molecule has 3 nitrogen and oxygen atoms in total. The van der Waals surface area contributed by atoms with Crippen molar-refractivity contribution < 1.29 is 9.21 Å². The number of alkyl halides is 1. The molecule has 1 unspecified atom stereocenters. The van der Waals surface area contributed by atoms with Gasteiger partial charge in [-0.1, -0.05) is 18.5 Å². The average molecular weight is 310 g/mol. The van der Waals surface area contributed by atoms with Gasteiger partial charge in [0.15, 0.2) is 0 Å². The number of anilines is 1. The molecule has 1 aromatic carbocycles. The Morgan fingerprint density at radius 1 is 1.40 bits per heavy atom. The number of nitrogens with one attached hydrogen (secondary N) is 1. The molecule has 0 aliphatic carbocycles. The SMILES string of the molecule is CCc1occc1C(Cl)c1cc2c(cc1Cl)NC(=O)C2. The van der Waals surface area contributed by atoms with Crippen molar-refractivity contribution in [2.24, 2.45) is 0 Å². The molecule has 1 amide bonds. The van der Waals surface area contributed by atoms with Crippen molar-refractivity contribution in [3.8, 4) is 0 Å². The van der Waals surface area contributed by atoms with Crippen LogP contribution in [0.5, 0.6) is 0 Å². The normalized spacial score (nSPS) is 15.1. The molecule has 2 aromatic rings. The number of hydrogen-bond donors (Lipinski definition) is 1. The van der Waals surface area contributed by atoms with Crippen molar-refractivity contribution in [1.82, 2.24) is 0 Å². The van der Waals surface area contributed by atoms with E-state index in [0.717, 1.165) is 34.6 Å². The van der Waals surface area contributed by atoms with Crippen molar-refractivity contribution in [3.05, 3.63) is 51.9 Å². The molecule has 0 spiro atoms. The van der Waals surface area contributed by atoms with Crippen LogP contribution in [0.25, 0.3) is 0 Å². The quantitative estimate of drug-likeness (QED) is 0.858. The Morgan fingerprint density at radius 3 is 2.95 bits per heavy atom. The second kappa shape index (κ2) is 5.15. The fraction of sp³-hybridized carbons (Fsp3) is 0.267. The van der Waals surface area contributed by atoms with Gasteiger partial charge in [0.05, 0.1) is 18.1 Å². The Balaban J connectivity index is 2.03. The lowest BCUT2D eigenvalue weighted by atomic mass is 10.0. The number of hydrogen-bond acceptors (Lipinski definition) is 2. The third-order valence-electron chi connectivity index (χ3n) is 3.49. The zero-order valence-corrected chi connectivity index (χ0v) is 12.4. The number of benzene rings is 1. The van der Waals surface area contributed by atoms with Crippen molar-refractivity contribution in [1.29, 1.82) is 0 Å². The van der Waals surface area contributed by atoms with Gasteiger partial charge in [0.1, 0.15) is 5.76 Å². The van der Waals surface area contributed by atoms with Crippen LogP contribution < -0.4 is 5.32 Å². The molecule has 0 fully saturated rings. The van der Waals surface area contributed by atoms with Crippen LogP contribution in [0.4, 0.5) is 5.69 Å². The maximum atomic E-state index is 11.4. The summed E-state index contributed by atoms with van der Waals surface area (Å²) in [6, 6.07) is 5.53. The van der Waals surface area contributed by atoms with Gasteiger partial charge < -0.3 is 9.73 Å². The molecular formula is C15H13Cl2NO2. The first kappa shape index (κ1) is 13.5. The van der Waals surface area contributed by atoms with Gasteiger partial charge in [0, 0.05) is 22.7 Å². The molecule has 20 heavy (non-hydrogen) atoms. The Bertz CT molecular complexity index is 679. The number of carbonyl (C=O) groups excluding carboxylic acids is 1. The lowest BCUT2D eigenvalue weighted by Gasteiger charge is -2.13. The van der Waals surface area contributed by atoms with E-state index in [0.29, 0.717) is 11.4 Å². The molecular weight excluding hydrogens is 297 g/mol. The fourth-order valence-corrected chi connectivity index (χ4v) is 3.20. The molecule has 3 rings (SSSR count). The van der Waals surface area contributed by atoms with Crippen molar-refractivity contribution >= 4 is 34.8 Å². The van der Waals surface area contributed by atoms with Crippen LogP contribution in [0, 0.1) is 0 Å². The highest BCUT2D eigenvalue weighted by Gasteiger charge is 2.24. The lowest BCUT2D eigenvalue weighted by Crippen LogP contribution is -2.03. The molecule has 0 saturated carbocycles. The van der Waals surface area contributed by atoms with E-state index in [-0.39, 0.29) is 11.3 Å². The van der Waals surface area contributed by atoms with Gasteiger partial charge in [-0.2, -0.15) is 0 Å². The highest BCUT2D eigenvalue weighted by molar-refractivity contribution is 6.33. The number of carbonyl (C=O) groups is 1. The number of amides is 1. The zero-order chi connectivity index (χ0) is 14.3. The third kappa shape index (κ3) is 2.21. The monoisotopic (exact) mass is 309 g/mol. The number of halogens is 2. The van der Waals surface area contributed by atoms with Crippen LogP contribution in [0.3, 0.4) is 0 Å². The number of rotatable bonds is 3. The summed E-state index contributed by atoms with van der Waals surface area (Å²) in [5.41, 5.74) is 3.44. The van der Waals surface area contributed by atoms with Gasteiger partial charge in [-0.3, -0.25) is 4.79 Å². The first-order valence-electron chi connectivity index (χ1n) is 6.42. The van der Waals surface area contributed by atoms with Crippen LogP contribution in [-0.4, -0.2) is 5.91 Å². The minimum Gasteiger partial charge on any atom is -0.469 e. The van der Waals surface area contributed by atoms with E-state index in [1.54, 1.807) is 12.3 Å². The minimum absolute atomic E-state index is 0.0168. The van der Waals surface area contributed by atoms with Crippen LogP contribution in [0.15, 0.2) is 28.9 Å². The summed E-state index contributed by atoms with van der Waals surface area (Å²) >= 11 is 12.8. The van der Waals surface area contributed by atoms with Crippen LogP contribution in [-0.2, 0) is 17.6 Å². The molecule has 1 atom stereocenters. The standard InChI is InChI=1S/C15H13Cl2NO2/c1-2-13-9(3-4-20-13)15(17)10-5-8-6-14(19)18-12(8)7-11(10)16/h3-5,7,15H,2,6H2,1H3,(H,18,19).